The van der Waals surface area contributed by atoms with Crippen LogP contribution in [0.5, 0.6) is 0 Å². The summed E-state index contributed by atoms with van der Waals surface area (Å²) in [5.74, 6) is 6.43. The van der Waals surface area contributed by atoms with Gasteiger partial charge in [-0.1, -0.05) is 5.92 Å². The summed E-state index contributed by atoms with van der Waals surface area (Å²) in [5, 5.41) is 1.40. The number of benzene rings is 3. The molecule has 134 valence electrons. The quantitative estimate of drug-likeness (QED) is 0.304. The first-order chi connectivity index (χ1) is 13.1. The Morgan fingerprint density at radius 1 is 1.04 bits per heavy atom. The summed E-state index contributed by atoms with van der Waals surface area (Å²) in [4.78, 5) is 19.6. The molecule has 4 heteroatoms. The van der Waals surface area contributed by atoms with Crippen LogP contribution < -0.4 is 10.3 Å². The second kappa shape index (κ2) is 6.77. The van der Waals surface area contributed by atoms with Gasteiger partial charge in [-0.15, -0.1) is 5.92 Å². The first-order valence-corrected chi connectivity index (χ1v) is 9.13. The van der Waals surface area contributed by atoms with Crippen LogP contribution in [0.3, 0.4) is 0 Å². The Bertz CT molecular complexity index is 1240. The maximum atomic E-state index is 12.5. The van der Waals surface area contributed by atoms with Gasteiger partial charge in [0.25, 0.3) is 0 Å². The van der Waals surface area contributed by atoms with Gasteiger partial charge in [0.15, 0.2) is 16.8 Å². The monoisotopic (exact) mass is 356 g/mol. The van der Waals surface area contributed by atoms with E-state index in [0.717, 1.165) is 35.2 Å². The smallest absolute Gasteiger partial charge is 0.190 e. The second-order valence-electron chi connectivity index (χ2n) is 6.39. The molecule has 0 saturated carbocycles. The molecule has 2 aromatic carbocycles. The van der Waals surface area contributed by atoms with Crippen LogP contribution in [-0.2, 0) is 0 Å². The van der Waals surface area contributed by atoms with Gasteiger partial charge < -0.3 is 9.32 Å². The van der Waals surface area contributed by atoms with Gasteiger partial charge in [0.2, 0.25) is 0 Å². The van der Waals surface area contributed by atoms with Gasteiger partial charge in [0, 0.05) is 47.2 Å². The molecule has 2 aliphatic rings. The zero-order valence-electron chi connectivity index (χ0n) is 15.7. The van der Waals surface area contributed by atoms with Crippen LogP contribution in [0, 0.1) is 11.8 Å². The number of fused-ring (bicyclic) bond motifs is 4. The molecule has 27 heavy (non-hydrogen) atoms. The molecule has 1 aliphatic heterocycles. The Labute approximate surface area is 157 Å². The van der Waals surface area contributed by atoms with Gasteiger partial charge in [0.05, 0.1) is 0 Å². The SMILES string of the molecule is CC#Cc1ccc2c(=O)cc3oc4cc(N(CC)CC)ccc4nc-3c2c1. The average molecular weight is 356 g/mol. The third-order valence-corrected chi connectivity index (χ3v) is 4.83. The lowest BCUT2D eigenvalue weighted by Crippen LogP contribution is -2.21. The van der Waals surface area contributed by atoms with Crippen molar-refractivity contribution in [3.63, 3.8) is 0 Å². The lowest BCUT2D eigenvalue weighted by molar-refractivity contribution is 0.613. The van der Waals surface area contributed by atoms with E-state index in [2.05, 4.69) is 36.7 Å². The third-order valence-electron chi connectivity index (χ3n) is 4.83. The van der Waals surface area contributed by atoms with Crippen molar-refractivity contribution in [2.75, 3.05) is 18.0 Å². The molecule has 0 radical (unpaired) electrons. The zero-order chi connectivity index (χ0) is 19.0. The molecule has 1 aliphatic carbocycles. The Kier molecular flexibility index (Phi) is 4.29. The predicted octanol–water partition coefficient (Wildman–Crippen LogP) is 4.66. The molecule has 0 unspecified atom stereocenters. The maximum absolute atomic E-state index is 12.5. The molecule has 0 bridgehead atoms. The molecular formula is C23H20N2O2. The van der Waals surface area contributed by atoms with E-state index in [0.29, 0.717) is 22.4 Å². The van der Waals surface area contributed by atoms with Gasteiger partial charge in [-0.3, -0.25) is 4.79 Å². The molecule has 2 aromatic rings. The summed E-state index contributed by atoms with van der Waals surface area (Å²) in [6.45, 7) is 7.87. The predicted molar refractivity (Wildman–Crippen MR) is 111 cm³/mol. The normalized spacial score (nSPS) is 10.9. The topological polar surface area (TPSA) is 46.3 Å². The van der Waals surface area contributed by atoms with Gasteiger partial charge in [0.1, 0.15) is 11.2 Å². The second-order valence-corrected chi connectivity index (χ2v) is 6.39. The van der Waals surface area contributed by atoms with E-state index in [1.54, 1.807) is 6.92 Å². The Balaban J connectivity index is 2.02. The standard InChI is InChI=1S/C23H20N2O2/c1-4-7-15-8-10-17-18(12-15)23-22(14-20(17)26)27-21-13-16(25(5-2)6-3)9-11-19(21)24-23/h8-14H,5-6H2,1-3H3. The summed E-state index contributed by atoms with van der Waals surface area (Å²) < 4.78 is 6.09. The third kappa shape index (κ3) is 2.92. The van der Waals surface area contributed by atoms with Crippen LogP contribution in [0.1, 0.15) is 26.3 Å². The number of hydrogen-bond acceptors (Lipinski definition) is 4. The average Bonchev–Trinajstić information content (AvgIpc) is 2.68. The first-order valence-electron chi connectivity index (χ1n) is 9.13. The first kappa shape index (κ1) is 17.1. The molecule has 0 fully saturated rings. The Morgan fingerprint density at radius 3 is 2.59 bits per heavy atom. The molecule has 4 nitrogen and oxygen atoms in total. The minimum atomic E-state index is -0.0710. The van der Waals surface area contributed by atoms with E-state index >= 15 is 0 Å². The fourth-order valence-corrected chi connectivity index (χ4v) is 3.47. The fourth-order valence-electron chi connectivity index (χ4n) is 3.47. The summed E-state index contributed by atoms with van der Waals surface area (Å²) in [5.41, 5.74) is 4.00. The molecule has 1 heterocycles. The van der Waals surface area contributed by atoms with Crippen molar-refractivity contribution in [2.45, 2.75) is 20.8 Å². The van der Waals surface area contributed by atoms with E-state index in [1.807, 2.05) is 30.3 Å². The van der Waals surface area contributed by atoms with Crippen LogP contribution in [0.25, 0.3) is 33.3 Å². The summed E-state index contributed by atoms with van der Waals surface area (Å²) in [6, 6.07) is 13.1. The fraction of sp³-hybridized carbons (Fsp3) is 0.217. The minimum absolute atomic E-state index is 0.0710. The number of anilines is 1. The largest absolute Gasteiger partial charge is 0.453 e. The lowest BCUT2D eigenvalue weighted by Gasteiger charge is -2.21. The van der Waals surface area contributed by atoms with E-state index in [4.69, 9.17) is 9.40 Å². The van der Waals surface area contributed by atoms with E-state index in [1.165, 1.54) is 6.07 Å². The maximum Gasteiger partial charge on any atom is 0.190 e. The highest BCUT2D eigenvalue weighted by Gasteiger charge is 2.16. The molecule has 0 N–H and O–H groups in total. The van der Waals surface area contributed by atoms with Gasteiger partial charge in [-0.25, -0.2) is 4.98 Å². The van der Waals surface area contributed by atoms with Crippen molar-refractivity contribution >= 4 is 27.6 Å². The highest BCUT2D eigenvalue weighted by atomic mass is 16.3. The highest BCUT2D eigenvalue weighted by Crippen LogP contribution is 2.32. The minimum Gasteiger partial charge on any atom is -0.453 e. The van der Waals surface area contributed by atoms with Crippen LogP contribution in [0.15, 0.2) is 51.7 Å². The van der Waals surface area contributed by atoms with Gasteiger partial charge in [-0.2, -0.15) is 0 Å². The van der Waals surface area contributed by atoms with Gasteiger partial charge in [-0.05, 0) is 51.1 Å². The number of hydrogen-bond donors (Lipinski definition) is 0. The Morgan fingerprint density at radius 2 is 1.85 bits per heavy atom. The van der Waals surface area contributed by atoms with Crippen molar-refractivity contribution in [3.05, 3.63) is 58.3 Å². The van der Waals surface area contributed by atoms with E-state index < -0.39 is 0 Å². The Hall–Kier alpha value is -3.32. The van der Waals surface area contributed by atoms with E-state index in [9.17, 15) is 4.79 Å². The van der Waals surface area contributed by atoms with Crippen LogP contribution >= 0.6 is 0 Å². The molecule has 0 aromatic heterocycles. The van der Waals surface area contributed by atoms with Crippen molar-refractivity contribution in [2.24, 2.45) is 0 Å². The van der Waals surface area contributed by atoms with Crippen LogP contribution in [-0.4, -0.2) is 18.1 Å². The molecule has 0 atom stereocenters. The molecular weight excluding hydrogens is 336 g/mol. The number of nitrogens with zero attached hydrogens (tertiary/aromatic N) is 2. The molecule has 4 rings (SSSR count). The summed E-state index contributed by atoms with van der Waals surface area (Å²) >= 11 is 0. The zero-order valence-corrected chi connectivity index (χ0v) is 15.7. The summed E-state index contributed by atoms with van der Waals surface area (Å²) in [6.07, 6.45) is 0. The summed E-state index contributed by atoms with van der Waals surface area (Å²) in [7, 11) is 0. The van der Waals surface area contributed by atoms with Gasteiger partial charge >= 0.3 is 0 Å². The molecule has 0 spiro atoms. The highest BCUT2D eigenvalue weighted by molar-refractivity contribution is 5.97. The van der Waals surface area contributed by atoms with Crippen molar-refractivity contribution in [1.29, 1.82) is 0 Å². The van der Waals surface area contributed by atoms with E-state index in [-0.39, 0.29) is 5.43 Å². The van der Waals surface area contributed by atoms with Crippen LogP contribution in [0.2, 0.25) is 0 Å². The number of aromatic nitrogens is 1. The molecule has 0 amide bonds. The number of rotatable bonds is 3. The van der Waals surface area contributed by atoms with Crippen LogP contribution in [0.4, 0.5) is 5.69 Å². The van der Waals surface area contributed by atoms with Crippen molar-refractivity contribution < 1.29 is 4.42 Å². The van der Waals surface area contributed by atoms with Crippen molar-refractivity contribution in [3.8, 4) is 23.3 Å². The van der Waals surface area contributed by atoms with Crippen molar-refractivity contribution in [1.82, 2.24) is 4.98 Å². The molecule has 0 saturated heterocycles. The lowest BCUT2D eigenvalue weighted by atomic mass is 10.0.